The molecule has 22 heavy (non-hydrogen) atoms. The summed E-state index contributed by atoms with van der Waals surface area (Å²) in [7, 11) is 0. The Morgan fingerprint density at radius 3 is 1.55 bits per heavy atom. The van der Waals surface area contributed by atoms with E-state index < -0.39 is 21.8 Å². The van der Waals surface area contributed by atoms with E-state index in [-0.39, 0.29) is 0 Å². The third-order valence-electron chi connectivity index (χ3n) is 3.80. The normalized spacial score (nSPS) is 10.9. The summed E-state index contributed by atoms with van der Waals surface area (Å²) < 4.78 is 4.58. The van der Waals surface area contributed by atoms with Crippen molar-refractivity contribution in [1.82, 2.24) is 0 Å². The molecule has 0 aliphatic rings. The van der Waals surface area contributed by atoms with Crippen LogP contribution in [0.4, 0.5) is 0 Å². The van der Waals surface area contributed by atoms with Crippen LogP contribution in [0, 0.1) is 13.8 Å². The Bertz CT molecular complexity index is 732. The van der Waals surface area contributed by atoms with Gasteiger partial charge in [0.1, 0.15) is 0 Å². The van der Waals surface area contributed by atoms with Crippen LogP contribution in [0.2, 0.25) is 5.02 Å². The second kappa shape index (κ2) is 6.94. The third-order valence-corrected chi connectivity index (χ3v) is 14.9. The second-order valence-corrected chi connectivity index (χ2v) is 14.2. The molecule has 0 aliphatic carbocycles. The molecule has 0 aromatic heterocycles. The van der Waals surface area contributed by atoms with E-state index in [1.54, 1.807) is 6.54 Å². The number of halogens is 1. The summed E-state index contributed by atoms with van der Waals surface area (Å²) in [6, 6.07) is 26.2. The first-order valence-electron chi connectivity index (χ1n) is 7.34. The summed E-state index contributed by atoms with van der Waals surface area (Å²) >= 11 is 3.83. The van der Waals surface area contributed by atoms with Gasteiger partial charge in [-0.25, -0.2) is 0 Å². The number of aryl methyl sites for hydroxylation is 2. The summed E-state index contributed by atoms with van der Waals surface area (Å²) in [4.78, 5) is 0. The summed E-state index contributed by atoms with van der Waals surface area (Å²) in [5.41, 5.74) is 2.80. The molecule has 0 saturated carbocycles. The van der Waals surface area contributed by atoms with Gasteiger partial charge >= 0.3 is 146 Å². The zero-order valence-corrected chi connectivity index (χ0v) is 17.0. The fraction of sp³-hybridized carbons (Fsp3) is 0.100. The van der Waals surface area contributed by atoms with E-state index >= 15 is 0 Å². The van der Waals surface area contributed by atoms with Gasteiger partial charge in [-0.15, -0.1) is 0 Å². The van der Waals surface area contributed by atoms with Crippen LogP contribution in [0.1, 0.15) is 11.1 Å². The van der Waals surface area contributed by atoms with Gasteiger partial charge in [0.05, 0.1) is 0 Å². The number of hydrogen-bond acceptors (Lipinski definition) is 0. The molecule has 0 amide bonds. The van der Waals surface area contributed by atoms with Gasteiger partial charge < -0.3 is 0 Å². The quantitative estimate of drug-likeness (QED) is 0.481. The van der Waals surface area contributed by atoms with Gasteiger partial charge in [0.15, 0.2) is 0 Å². The van der Waals surface area contributed by atoms with E-state index in [1.807, 2.05) is 12.1 Å². The first-order chi connectivity index (χ1) is 10.7. The van der Waals surface area contributed by atoms with Crippen molar-refractivity contribution in [2.75, 3.05) is 0 Å². The second-order valence-electron chi connectivity index (χ2n) is 5.38. The Hall–Kier alpha value is -1.17. The summed E-state index contributed by atoms with van der Waals surface area (Å²) in [5.74, 6) is 0. The molecule has 0 heterocycles. The predicted molar refractivity (Wildman–Crippen MR) is 98.5 cm³/mol. The van der Waals surface area contributed by atoms with Crippen molar-refractivity contribution < 1.29 is 0 Å². The van der Waals surface area contributed by atoms with E-state index in [0.29, 0.717) is 0 Å². The Labute approximate surface area is 145 Å². The average molecular weight is 503 g/mol. The molecule has 0 unspecified atom stereocenters. The van der Waals surface area contributed by atoms with Crippen molar-refractivity contribution in [2.24, 2.45) is 0 Å². The van der Waals surface area contributed by atoms with Crippen molar-refractivity contribution in [3.63, 3.8) is 0 Å². The van der Waals surface area contributed by atoms with Crippen LogP contribution in [-0.2, 0) is 0 Å². The zero-order valence-electron chi connectivity index (χ0n) is 12.8. The van der Waals surface area contributed by atoms with Crippen LogP contribution in [0.15, 0.2) is 72.8 Å². The topological polar surface area (TPSA) is 0 Å². The molecule has 2 heteroatoms. The zero-order chi connectivity index (χ0) is 15.5. The molecule has 0 bridgehead atoms. The van der Waals surface area contributed by atoms with Crippen molar-refractivity contribution >= 4 is 43.2 Å². The van der Waals surface area contributed by atoms with Crippen molar-refractivity contribution in [3.8, 4) is 0 Å². The van der Waals surface area contributed by atoms with Crippen LogP contribution >= 0.6 is 11.6 Å². The maximum atomic E-state index is 6.09. The Morgan fingerprint density at radius 1 is 0.636 bits per heavy atom. The number of rotatable bonds is 3. The van der Waals surface area contributed by atoms with Crippen LogP contribution in [-0.4, -0.2) is 21.8 Å². The molecule has 0 fully saturated rings. The van der Waals surface area contributed by atoms with Gasteiger partial charge in [-0.2, -0.15) is 0 Å². The van der Waals surface area contributed by atoms with Crippen LogP contribution in [0.5, 0.6) is 0 Å². The molecule has 0 saturated heterocycles. The number of hydrogen-bond donors (Lipinski definition) is 0. The van der Waals surface area contributed by atoms with Gasteiger partial charge in [-0.1, -0.05) is 0 Å². The van der Waals surface area contributed by atoms with E-state index in [0.717, 1.165) is 5.02 Å². The molecular weight excluding hydrogens is 485 g/mol. The van der Waals surface area contributed by atoms with Crippen molar-refractivity contribution in [2.45, 2.75) is 13.8 Å². The van der Waals surface area contributed by atoms with Crippen LogP contribution in [0.25, 0.3) is 0 Å². The van der Waals surface area contributed by atoms with Gasteiger partial charge in [-0.05, 0) is 0 Å². The van der Waals surface area contributed by atoms with Gasteiger partial charge in [-0.3, -0.25) is 0 Å². The van der Waals surface area contributed by atoms with Gasteiger partial charge in [0, 0.05) is 0 Å². The molecule has 0 N–H and O–H groups in total. The predicted octanol–water partition coefficient (Wildman–Crippen LogP) is 3.47. The first kappa shape index (κ1) is 15.7. The molecule has 3 aromatic rings. The summed E-state index contributed by atoms with van der Waals surface area (Å²) in [6.07, 6.45) is 0. The van der Waals surface area contributed by atoms with Crippen LogP contribution in [0.3, 0.4) is 0 Å². The molecule has 3 aromatic carbocycles. The van der Waals surface area contributed by atoms with Crippen LogP contribution < -0.4 is 9.81 Å². The van der Waals surface area contributed by atoms with Crippen molar-refractivity contribution in [3.05, 3.63) is 88.9 Å². The molecule has 0 atom stereocenters. The summed E-state index contributed by atoms with van der Waals surface area (Å²) in [5, 5.41) is 0.808. The fourth-order valence-corrected chi connectivity index (χ4v) is 12.8. The maximum absolute atomic E-state index is 6.09. The fourth-order valence-electron chi connectivity index (χ4n) is 2.63. The molecule has 0 spiro atoms. The van der Waals surface area contributed by atoms with Gasteiger partial charge in [0.2, 0.25) is 0 Å². The third kappa shape index (κ3) is 3.26. The number of benzene rings is 3. The minimum absolute atomic E-state index is 0.808. The van der Waals surface area contributed by atoms with Crippen molar-refractivity contribution in [1.29, 1.82) is 0 Å². The standard InChI is InChI=1S/2C7H7.C6H4Cl.Bi/c2*1-7-5-3-2-4-6-7;7-6-4-2-1-3-5-6;/h2*2-5H,1H3;2-5H;. The monoisotopic (exact) mass is 502 g/mol. The van der Waals surface area contributed by atoms with E-state index in [1.165, 1.54) is 14.4 Å². The Kier molecular flexibility index (Phi) is 4.96. The van der Waals surface area contributed by atoms with Gasteiger partial charge in [0.25, 0.3) is 0 Å². The van der Waals surface area contributed by atoms with E-state index in [2.05, 4.69) is 74.5 Å². The first-order valence-corrected chi connectivity index (χ1v) is 12.9. The minimum atomic E-state index is -2.26. The van der Waals surface area contributed by atoms with E-state index in [4.69, 9.17) is 11.6 Å². The molecule has 3 rings (SSSR count). The Morgan fingerprint density at radius 2 is 1.09 bits per heavy atom. The SMILES string of the molecule is Cc1cccc[c]1[Bi]([c]1ccc(Cl)cc1)[c]1ccccc1C. The molecule has 110 valence electrons. The van der Waals surface area contributed by atoms with E-state index in [9.17, 15) is 0 Å². The summed E-state index contributed by atoms with van der Waals surface area (Å²) in [6.45, 7) is 4.46. The molecule has 0 radical (unpaired) electrons. The Balaban J connectivity index is 2.21. The molecule has 0 aliphatic heterocycles. The average Bonchev–Trinajstić information content (AvgIpc) is 2.53. The molecule has 0 nitrogen and oxygen atoms in total. The molecular formula is C20H18BiCl.